The van der Waals surface area contributed by atoms with Gasteiger partial charge in [-0.15, -0.1) is 0 Å². The molecule has 1 rings (SSSR count). The predicted octanol–water partition coefficient (Wildman–Crippen LogP) is 0.702. The minimum Gasteiger partial charge on any atom is -0.493 e. The van der Waals surface area contributed by atoms with E-state index in [0.29, 0.717) is 0 Å². The zero-order chi connectivity index (χ0) is 10.9. The smallest absolute Gasteiger partial charge is 0.341 e. The van der Waals surface area contributed by atoms with Crippen molar-refractivity contribution in [1.82, 2.24) is 4.98 Å². The Morgan fingerprint density at radius 1 is 1.64 bits per heavy atom. The zero-order valence-electron chi connectivity index (χ0n) is 7.09. The molecule has 0 atom stereocenters. The first-order chi connectivity index (χ1) is 6.43. The number of hydrogen-bond donors (Lipinski definition) is 2. The Hall–Kier alpha value is -2.18. The Kier molecular flexibility index (Phi) is 2.32. The number of carboxylic acids is 1. The molecule has 7 nitrogen and oxygen atoms in total. The van der Waals surface area contributed by atoms with Gasteiger partial charge in [0.05, 0.1) is 4.92 Å². The summed E-state index contributed by atoms with van der Waals surface area (Å²) in [5.41, 5.74) is -1.04. The van der Waals surface area contributed by atoms with E-state index in [1.807, 2.05) is 0 Å². The second kappa shape index (κ2) is 3.29. The van der Waals surface area contributed by atoms with Crippen molar-refractivity contribution in [3.8, 4) is 5.88 Å². The SMILES string of the molecule is Cc1nc(O)c(C(=O)O)cc1[N+](=O)[O-]. The molecule has 0 aliphatic heterocycles. The number of nitrogens with zero attached hydrogens (tertiary/aromatic N) is 2. The third-order valence-electron chi connectivity index (χ3n) is 1.59. The highest BCUT2D eigenvalue weighted by atomic mass is 16.6. The van der Waals surface area contributed by atoms with E-state index in [2.05, 4.69) is 4.98 Å². The molecular weight excluding hydrogens is 192 g/mol. The van der Waals surface area contributed by atoms with Gasteiger partial charge in [-0.1, -0.05) is 0 Å². The van der Waals surface area contributed by atoms with Crippen LogP contribution < -0.4 is 0 Å². The molecule has 1 heterocycles. The van der Waals surface area contributed by atoms with E-state index < -0.39 is 28.0 Å². The highest BCUT2D eigenvalue weighted by Gasteiger charge is 2.20. The van der Waals surface area contributed by atoms with Crippen molar-refractivity contribution in [1.29, 1.82) is 0 Å². The van der Waals surface area contributed by atoms with Gasteiger partial charge in [0.25, 0.3) is 5.69 Å². The number of hydrogen-bond acceptors (Lipinski definition) is 5. The summed E-state index contributed by atoms with van der Waals surface area (Å²) in [6, 6.07) is 0.778. The molecule has 0 spiro atoms. The first kappa shape index (κ1) is 9.90. The molecule has 0 aromatic carbocycles. The second-order valence-corrected chi connectivity index (χ2v) is 2.53. The maximum Gasteiger partial charge on any atom is 0.341 e. The van der Waals surface area contributed by atoms with Crippen LogP contribution in [0.25, 0.3) is 0 Å². The van der Waals surface area contributed by atoms with E-state index in [1.54, 1.807) is 0 Å². The topological polar surface area (TPSA) is 114 Å². The lowest BCUT2D eigenvalue weighted by Gasteiger charge is -2.00. The highest BCUT2D eigenvalue weighted by molar-refractivity contribution is 5.90. The van der Waals surface area contributed by atoms with Crippen molar-refractivity contribution >= 4 is 11.7 Å². The maximum absolute atomic E-state index is 10.5. The van der Waals surface area contributed by atoms with Gasteiger partial charge in [-0.25, -0.2) is 9.78 Å². The summed E-state index contributed by atoms with van der Waals surface area (Å²) in [6.07, 6.45) is 0. The average Bonchev–Trinajstić information content (AvgIpc) is 2.02. The van der Waals surface area contributed by atoms with Gasteiger partial charge in [0, 0.05) is 6.07 Å². The minimum atomic E-state index is -1.46. The van der Waals surface area contributed by atoms with Crippen LogP contribution in [-0.2, 0) is 0 Å². The fraction of sp³-hybridized carbons (Fsp3) is 0.143. The number of pyridine rings is 1. The highest BCUT2D eigenvalue weighted by Crippen LogP contribution is 2.23. The van der Waals surface area contributed by atoms with Crippen LogP contribution in [0.15, 0.2) is 6.07 Å². The van der Waals surface area contributed by atoms with Crippen molar-refractivity contribution in [2.24, 2.45) is 0 Å². The van der Waals surface area contributed by atoms with Crippen LogP contribution in [0.4, 0.5) is 5.69 Å². The number of aromatic hydroxyl groups is 1. The maximum atomic E-state index is 10.5. The Labute approximate surface area is 77.8 Å². The minimum absolute atomic E-state index is 0.0301. The van der Waals surface area contributed by atoms with Crippen molar-refractivity contribution in [2.75, 3.05) is 0 Å². The summed E-state index contributed by atoms with van der Waals surface area (Å²) in [7, 11) is 0. The van der Waals surface area contributed by atoms with E-state index in [4.69, 9.17) is 10.2 Å². The van der Waals surface area contributed by atoms with Gasteiger partial charge in [-0.2, -0.15) is 0 Å². The molecule has 2 N–H and O–H groups in total. The number of aromatic nitrogens is 1. The third-order valence-corrected chi connectivity index (χ3v) is 1.59. The van der Waals surface area contributed by atoms with Gasteiger partial charge in [-0.05, 0) is 6.92 Å². The van der Waals surface area contributed by atoms with Crippen LogP contribution in [0, 0.1) is 17.0 Å². The first-order valence-electron chi connectivity index (χ1n) is 3.51. The van der Waals surface area contributed by atoms with Crippen molar-refractivity contribution in [3.05, 3.63) is 27.4 Å². The van der Waals surface area contributed by atoms with Crippen LogP contribution in [0.3, 0.4) is 0 Å². The Balaban J connectivity index is 3.42. The summed E-state index contributed by atoms with van der Waals surface area (Å²) >= 11 is 0. The number of aromatic carboxylic acids is 1. The molecule has 0 fully saturated rings. The van der Waals surface area contributed by atoms with Gasteiger partial charge in [0.15, 0.2) is 0 Å². The van der Waals surface area contributed by atoms with Gasteiger partial charge >= 0.3 is 5.97 Å². The van der Waals surface area contributed by atoms with Gasteiger partial charge in [0.2, 0.25) is 5.88 Å². The summed E-state index contributed by atoms with van der Waals surface area (Å²) in [5, 5.41) is 28.0. The fourth-order valence-electron chi connectivity index (χ4n) is 0.924. The Morgan fingerprint density at radius 3 is 2.64 bits per heavy atom. The van der Waals surface area contributed by atoms with Crippen LogP contribution in [0.5, 0.6) is 5.88 Å². The molecule has 0 unspecified atom stereocenters. The standard InChI is InChI=1S/C7H6N2O5/c1-3-5(9(13)14)2-4(7(11)12)6(10)8-3/h2H,1H3,(H,8,10)(H,11,12). The summed E-state index contributed by atoms with van der Waals surface area (Å²) < 4.78 is 0. The monoisotopic (exact) mass is 198 g/mol. The molecule has 0 saturated heterocycles. The molecule has 7 heteroatoms. The first-order valence-corrected chi connectivity index (χ1v) is 3.51. The normalized spacial score (nSPS) is 9.79. The third kappa shape index (κ3) is 1.60. The number of aryl methyl sites for hydroxylation is 1. The molecule has 14 heavy (non-hydrogen) atoms. The van der Waals surface area contributed by atoms with E-state index in [0.717, 1.165) is 6.07 Å². The van der Waals surface area contributed by atoms with E-state index in [-0.39, 0.29) is 5.69 Å². The van der Waals surface area contributed by atoms with Crippen LogP contribution in [0.2, 0.25) is 0 Å². The summed E-state index contributed by atoms with van der Waals surface area (Å²) in [6.45, 7) is 1.31. The quantitative estimate of drug-likeness (QED) is 0.534. The van der Waals surface area contributed by atoms with Gasteiger partial charge < -0.3 is 10.2 Å². The Morgan fingerprint density at radius 2 is 2.21 bits per heavy atom. The molecule has 0 saturated carbocycles. The molecule has 0 radical (unpaired) electrons. The summed E-state index contributed by atoms with van der Waals surface area (Å²) in [4.78, 5) is 23.5. The molecule has 1 aromatic rings. The summed E-state index contributed by atoms with van der Waals surface area (Å²) in [5.74, 6) is -2.18. The Bertz CT molecular complexity index is 380. The van der Waals surface area contributed by atoms with Crippen LogP contribution >= 0.6 is 0 Å². The van der Waals surface area contributed by atoms with Crippen molar-refractivity contribution < 1.29 is 19.9 Å². The van der Waals surface area contributed by atoms with Crippen molar-refractivity contribution in [3.63, 3.8) is 0 Å². The number of rotatable bonds is 2. The molecular formula is C7H6N2O5. The van der Waals surface area contributed by atoms with Gasteiger partial charge in [0.1, 0.15) is 11.3 Å². The zero-order valence-corrected chi connectivity index (χ0v) is 7.09. The van der Waals surface area contributed by atoms with Crippen molar-refractivity contribution in [2.45, 2.75) is 6.92 Å². The molecule has 1 aromatic heterocycles. The van der Waals surface area contributed by atoms with Gasteiger partial charge in [-0.3, -0.25) is 10.1 Å². The average molecular weight is 198 g/mol. The molecule has 0 bridgehead atoms. The molecule has 74 valence electrons. The van der Waals surface area contributed by atoms with E-state index in [1.165, 1.54) is 6.92 Å². The number of carbonyl (C=O) groups is 1. The number of nitro groups is 1. The lowest BCUT2D eigenvalue weighted by Crippen LogP contribution is -2.02. The van der Waals surface area contributed by atoms with Crippen LogP contribution in [-0.4, -0.2) is 26.1 Å². The fourth-order valence-corrected chi connectivity index (χ4v) is 0.924. The largest absolute Gasteiger partial charge is 0.493 e. The predicted molar refractivity (Wildman–Crippen MR) is 44.3 cm³/mol. The lowest BCUT2D eigenvalue weighted by molar-refractivity contribution is -0.385. The van der Waals surface area contributed by atoms with Crippen LogP contribution in [0.1, 0.15) is 16.1 Å². The molecule has 0 amide bonds. The number of carboxylic acid groups (broad SMARTS) is 1. The molecule has 0 aliphatic carbocycles. The van der Waals surface area contributed by atoms with E-state index >= 15 is 0 Å². The molecule has 0 aliphatic rings. The lowest BCUT2D eigenvalue weighted by atomic mass is 10.2. The van der Waals surface area contributed by atoms with E-state index in [9.17, 15) is 14.9 Å². The second-order valence-electron chi connectivity index (χ2n) is 2.53.